The number of carbonyl (C=O) groups excluding carboxylic acids is 1. The van der Waals surface area contributed by atoms with Gasteiger partial charge in [-0.15, -0.1) is 0 Å². The van der Waals surface area contributed by atoms with E-state index in [2.05, 4.69) is 37.8 Å². The highest BCUT2D eigenvalue weighted by Gasteiger charge is 2.23. The summed E-state index contributed by atoms with van der Waals surface area (Å²) < 4.78 is 30.0. The molecule has 0 spiro atoms. The first-order valence-corrected chi connectivity index (χ1v) is 12.6. The van der Waals surface area contributed by atoms with Gasteiger partial charge in [-0.1, -0.05) is 36.4 Å². The van der Waals surface area contributed by atoms with Crippen LogP contribution in [-0.4, -0.2) is 44.7 Å². The largest absolute Gasteiger partial charge is 0.372 e. The van der Waals surface area contributed by atoms with Crippen LogP contribution in [0, 0.1) is 6.92 Å². The number of ether oxygens (including phenoxy) is 1. The first kappa shape index (κ1) is 23.5. The van der Waals surface area contributed by atoms with Crippen molar-refractivity contribution in [3.05, 3.63) is 64.7 Å². The zero-order valence-corrected chi connectivity index (χ0v) is 19.9. The molecule has 2 atom stereocenters. The van der Waals surface area contributed by atoms with Crippen molar-refractivity contribution < 1.29 is 17.9 Å². The predicted molar refractivity (Wildman–Crippen MR) is 126 cm³/mol. The van der Waals surface area contributed by atoms with E-state index in [0.717, 1.165) is 24.2 Å². The van der Waals surface area contributed by atoms with Gasteiger partial charge in [-0.2, -0.15) is 0 Å². The zero-order valence-electron chi connectivity index (χ0n) is 19.1. The maximum absolute atomic E-state index is 12.8. The molecule has 0 aliphatic carbocycles. The standard InChI is InChI=1S/C25H33NO4S/c1-17(2)31(28,29)16-21-6-9-23(10-7-21)25(27)13-22-8-11-24(18(3)12-22)26-14-19(4)30-20(5)15-26/h6-12,17,19-20H,13-16H2,1-5H3/t19-,20+. The molecule has 2 aromatic rings. The average molecular weight is 444 g/mol. The summed E-state index contributed by atoms with van der Waals surface area (Å²) in [5, 5.41) is -0.413. The second kappa shape index (κ2) is 9.53. The summed E-state index contributed by atoms with van der Waals surface area (Å²) in [6, 6.07) is 13.1. The van der Waals surface area contributed by atoms with Gasteiger partial charge in [-0.25, -0.2) is 8.42 Å². The molecule has 0 saturated carbocycles. The van der Waals surface area contributed by atoms with Crippen LogP contribution in [0.4, 0.5) is 5.69 Å². The molecule has 0 aromatic heterocycles. The molecule has 3 rings (SSSR count). The van der Waals surface area contributed by atoms with E-state index in [4.69, 9.17) is 4.74 Å². The van der Waals surface area contributed by atoms with Crippen LogP contribution < -0.4 is 4.90 Å². The van der Waals surface area contributed by atoms with Gasteiger partial charge in [0, 0.05) is 30.8 Å². The summed E-state index contributed by atoms with van der Waals surface area (Å²) in [4.78, 5) is 15.1. The Bertz CT molecular complexity index is 1020. The second-order valence-electron chi connectivity index (χ2n) is 8.94. The number of sulfone groups is 1. The Morgan fingerprint density at radius 2 is 1.61 bits per heavy atom. The molecule has 1 aliphatic rings. The van der Waals surface area contributed by atoms with E-state index in [1.54, 1.807) is 38.1 Å². The van der Waals surface area contributed by atoms with Crippen molar-refractivity contribution in [2.75, 3.05) is 18.0 Å². The summed E-state index contributed by atoms with van der Waals surface area (Å²) in [5.74, 6) is 0.0255. The van der Waals surface area contributed by atoms with Crippen molar-refractivity contribution in [2.45, 2.75) is 64.3 Å². The number of rotatable bonds is 7. The first-order valence-electron chi connectivity index (χ1n) is 10.9. The molecule has 168 valence electrons. The smallest absolute Gasteiger partial charge is 0.167 e. The number of hydrogen-bond acceptors (Lipinski definition) is 5. The third-order valence-corrected chi connectivity index (χ3v) is 7.92. The number of ketones is 1. The van der Waals surface area contributed by atoms with Crippen LogP contribution >= 0.6 is 0 Å². The van der Waals surface area contributed by atoms with Gasteiger partial charge in [0.1, 0.15) is 0 Å². The number of benzene rings is 2. The van der Waals surface area contributed by atoms with Gasteiger partial charge in [-0.05, 0) is 57.4 Å². The Morgan fingerprint density at radius 1 is 1.03 bits per heavy atom. The normalized spacial score (nSPS) is 19.6. The van der Waals surface area contributed by atoms with Gasteiger partial charge in [0.2, 0.25) is 0 Å². The maximum atomic E-state index is 12.8. The Hall–Kier alpha value is -2.18. The minimum absolute atomic E-state index is 0.00142. The number of carbonyl (C=O) groups is 1. The van der Waals surface area contributed by atoms with Crippen LogP contribution in [0.5, 0.6) is 0 Å². The quantitative estimate of drug-likeness (QED) is 0.595. The van der Waals surface area contributed by atoms with Crippen molar-refractivity contribution in [1.82, 2.24) is 0 Å². The fourth-order valence-electron chi connectivity index (χ4n) is 4.03. The summed E-state index contributed by atoms with van der Waals surface area (Å²) in [6.45, 7) is 11.4. The van der Waals surface area contributed by atoms with Crippen LogP contribution in [0.15, 0.2) is 42.5 Å². The fourth-order valence-corrected chi connectivity index (χ4v) is 5.02. The topological polar surface area (TPSA) is 63.7 Å². The Morgan fingerprint density at radius 3 is 2.16 bits per heavy atom. The van der Waals surface area contributed by atoms with E-state index in [9.17, 15) is 13.2 Å². The average Bonchev–Trinajstić information content (AvgIpc) is 2.67. The number of nitrogens with zero attached hydrogens (tertiary/aromatic N) is 1. The SMILES string of the molecule is Cc1cc(CC(=O)c2ccc(CS(=O)(=O)C(C)C)cc2)ccc1N1C[C@@H](C)O[C@@H](C)C1. The highest BCUT2D eigenvalue weighted by atomic mass is 32.2. The first-order chi connectivity index (χ1) is 14.5. The number of morpholine rings is 1. The van der Waals surface area contributed by atoms with Crippen molar-refractivity contribution in [3.8, 4) is 0 Å². The predicted octanol–water partition coefficient (Wildman–Crippen LogP) is 4.36. The van der Waals surface area contributed by atoms with Crippen LogP contribution in [0.2, 0.25) is 0 Å². The third kappa shape index (κ3) is 5.95. The van der Waals surface area contributed by atoms with Crippen LogP contribution in [-0.2, 0) is 26.7 Å². The molecule has 0 radical (unpaired) electrons. The summed E-state index contributed by atoms with van der Waals surface area (Å²) in [6.07, 6.45) is 0.714. The lowest BCUT2D eigenvalue weighted by Crippen LogP contribution is -2.45. The van der Waals surface area contributed by atoms with Crippen molar-refractivity contribution in [1.29, 1.82) is 0 Å². The second-order valence-corrected chi connectivity index (χ2v) is 11.5. The lowest BCUT2D eigenvalue weighted by molar-refractivity contribution is -0.00524. The molecule has 1 heterocycles. The monoisotopic (exact) mass is 443 g/mol. The van der Waals surface area contributed by atoms with Gasteiger partial charge in [0.25, 0.3) is 0 Å². The number of aryl methyl sites for hydroxylation is 1. The van der Waals surface area contributed by atoms with Gasteiger partial charge in [0.05, 0.1) is 23.2 Å². The fraction of sp³-hybridized carbons (Fsp3) is 0.480. The van der Waals surface area contributed by atoms with Gasteiger partial charge in [-0.3, -0.25) is 4.79 Å². The molecule has 31 heavy (non-hydrogen) atoms. The van der Waals surface area contributed by atoms with E-state index in [0.29, 0.717) is 17.5 Å². The third-order valence-electron chi connectivity index (χ3n) is 5.75. The molecule has 1 saturated heterocycles. The summed E-state index contributed by atoms with van der Waals surface area (Å²) in [5.41, 5.74) is 4.63. The number of hydrogen-bond donors (Lipinski definition) is 0. The highest BCUT2D eigenvalue weighted by molar-refractivity contribution is 7.91. The molecule has 0 N–H and O–H groups in total. The van der Waals surface area contributed by atoms with Crippen LogP contribution in [0.3, 0.4) is 0 Å². The molecule has 5 nitrogen and oxygen atoms in total. The molecule has 1 fully saturated rings. The molecule has 0 unspecified atom stereocenters. The molecule has 0 amide bonds. The van der Waals surface area contributed by atoms with Crippen LogP contribution in [0.25, 0.3) is 0 Å². The Balaban J connectivity index is 1.67. The minimum atomic E-state index is -3.15. The van der Waals surface area contributed by atoms with E-state index in [-0.39, 0.29) is 23.7 Å². The van der Waals surface area contributed by atoms with Gasteiger partial charge in [0.15, 0.2) is 15.6 Å². The van der Waals surface area contributed by atoms with Crippen molar-refractivity contribution in [3.63, 3.8) is 0 Å². The number of anilines is 1. The molecule has 2 aromatic carbocycles. The van der Waals surface area contributed by atoms with Gasteiger partial charge < -0.3 is 9.64 Å². The Labute approximate surface area is 186 Å². The molecular weight excluding hydrogens is 410 g/mol. The zero-order chi connectivity index (χ0) is 22.8. The molecular formula is C25H33NO4S. The van der Waals surface area contributed by atoms with Crippen molar-refractivity contribution >= 4 is 21.3 Å². The lowest BCUT2D eigenvalue weighted by atomic mass is 9.99. The van der Waals surface area contributed by atoms with E-state index in [1.165, 1.54) is 5.69 Å². The molecule has 1 aliphatic heterocycles. The van der Waals surface area contributed by atoms with E-state index >= 15 is 0 Å². The molecule has 0 bridgehead atoms. The van der Waals surface area contributed by atoms with E-state index in [1.807, 2.05) is 6.07 Å². The maximum Gasteiger partial charge on any atom is 0.167 e. The Kier molecular flexibility index (Phi) is 7.22. The van der Waals surface area contributed by atoms with Crippen molar-refractivity contribution in [2.24, 2.45) is 0 Å². The minimum Gasteiger partial charge on any atom is -0.372 e. The highest BCUT2D eigenvalue weighted by Crippen LogP contribution is 2.25. The molecule has 6 heteroatoms. The van der Waals surface area contributed by atoms with Crippen LogP contribution in [0.1, 0.15) is 54.7 Å². The summed E-state index contributed by atoms with van der Waals surface area (Å²) in [7, 11) is -3.15. The van der Waals surface area contributed by atoms with E-state index < -0.39 is 15.1 Å². The lowest BCUT2D eigenvalue weighted by Gasteiger charge is -2.37. The summed E-state index contributed by atoms with van der Waals surface area (Å²) >= 11 is 0. The number of Topliss-reactive ketones (excluding diaryl/α,β-unsaturated/α-hetero) is 1. The van der Waals surface area contributed by atoms with Gasteiger partial charge >= 0.3 is 0 Å².